The highest BCUT2D eigenvalue weighted by atomic mass is 16.6. The number of rotatable bonds is 5. The number of amides is 2. The second kappa shape index (κ2) is 7.56. The number of carboxylic acids is 1. The highest BCUT2D eigenvalue weighted by molar-refractivity contribution is 6.00. The van der Waals surface area contributed by atoms with Crippen LogP contribution in [0.1, 0.15) is 26.7 Å². The minimum Gasteiger partial charge on any atom is -0.477 e. The van der Waals surface area contributed by atoms with E-state index in [1.165, 1.54) is 9.80 Å². The fourth-order valence-corrected chi connectivity index (χ4v) is 4.22. The molecule has 0 spiro atoms. The Morgan fingerprint density at radius 1 is 1.39 bits per heavy atom. The number of nitrogens with one attached hydrogen (secondary N) is 1. The molecule has 0 aromatic heterocycles. The largest absolute Gasteiger partial charge is 0.477 e. The van der Waals surface area contributed by atoms with E-state index in [0.29, 0.717) is 25.0 Å². The summed E-state index contributed by atoms with van der Waals surface area (Å²) in [4.78, 5) is 38.4. The predicted molar refractivity (Wildman–Crippen MR) is 99.2 cm³/mol. The maximum absolute atomic E-state index is 12.3. The Morgan fingerprint density at radius 3 is 2.64 bits per heavy atom. The summed E-state index contributed by atoms with van der Waals surface area (Å²) in [6.07, 6.45) is 1.48. The van der Waals surface area contributed by atoms with Crippen LogP contribution in [0, 0.1) is 5.92 Å². The van der Waals surface area contributed by atoms with Gasteiger partial charge in [-0.05, 0) is 31.4 Å². The Kier molecular flexibility index (Phi) is 5.49. The number of carbonyl (C=O) groups excluding carboxylic acids is 2. The molecule has 3 heterocycles. The summed E-state index contributed by atoms with van der Waals surface area (Å²) in [5.41, 5.74) is 1.40. The highest BCUT2D eigenvalue weighted by Crippen LogP contribution is 2.45. The molecule has 2 saturated heterocycles. The number of ether oxygens (including phenoxy) is 1. The van der Waals surface area contributed by atoms with Crippen LogP contribution in [0.5, 0.6) is 0 Å². The van der Waals surface area contributed by atoms with Crippen LogP contribution in [0.15, 0.2) is 22.9 Å². The van der Waals surface area contributed by atoms with Crippen LogP contribution in [-0.4, -0.2) is 82.9 Å². The number of aliphatic hydroxyl groups excluding tert-OH is 1. The normalized spacial score (nSPS) is 30.8. The van der Waals surface area contributed by atoms with Crippen LogP contribution in [0.2, 0.25) is 0 Å². The molecule has 3 aliphatic rings. The van der Waals surface area contributed by atoms with Crippen molar-refractivity contribution in [2.75, 3.05) is 20.6 Å². The third kappa shape index (κ3) is 3.51. The fraction of sp³-hybridized carbons (Fsp3) is 0.632. The molecular formula is C19H27N3O6. The summed E-state index contributed by atoms with van der Waals surface area (Å²) < 4.78 is 5.38. The van der Waals surface area contributed by atoms with Gasteiger partial charge in [0.15, 0.2) is 0 Å². The van der Waals surface area contributed by atoms with Crippen molar-refractivity contribution in [1.29, 1.82) is 0 Å². The van der Waals surface area contributed by atoms with Crippen molar-refractivity contribution < 1.29 is 29.3 Å². The molecule has 0 radical (unpaired) electrons. The van der Waals surface area contributed by atoms with Gasteiger partial charge in [-0.25, -0.2) is 9.59 Å². The van der Waals surface area contributed by atoms with Crippen molar-refractivity contribution in [2.24, 2.45) is 5.92 Å². The number of allylic oxidation sites excluding steroid dienone is 1. The van der Waals surface area contributed by atoms with Crippen molar-refractivity contribution in [2.45, 2.75) is 51.0 Å². The monoisotopic (exact) mass is 393 g/mol. The van der Waals surface area contributed by atoms with E-state index in [4.69, 9.17) is 4.74 Å². The Bertz CT molecular complexity index is 757. The van der Waals surface area contributed by atoms with Gasteiger partial charge in [0, 0.05) is 33.1 Å². The maximum Gasteiger partial charge on any atom is 0.409 e. The zero-order valence-electron chi connectivity index (χ0n) is 16.5. The molecular weight excluding hydrogens is 366 g/mol. The summed E-state index contributed by atoms with van der Waals surface area (Å²) in [6, 6.07) is -0.360. The number of carbonyl (C=O) groups is 3. The first kappa shape index (κ1) is 20.3. The van der Waals surface area contributed by atoms with Gasteiger partial charge in [0.25, 0.3) is 0 Å². The van der Waals surface area contributed by atoms with Crippen LogP contribution in [-0.2, 0) is 14.3 Å². The van der Waals surface area contributed by atoms with E-state index in [9.17, 15) is 24.6 Å². The lowest BCUT2D eigenvalue weighted by atomic mass is 9.82. The van der Waals surface area contributed by atoms with Crippen molar-refractivity contribution in [3.63, 3.8) is 0 Å². The molecule has 0 unspecified atom stereocenters. The molecule has 2 fully saturated rings. The van der Waals surface area contributed by atoms with Crippen molar-refractivity contribution in [1.82, 2.24) is 15.1 Å². The summed E-state index contributed by atoms with van der Waals surface area (Å²) in [5.74, 6) is -2.03. The first-order valence-electron chi connectivity index (χ1n) is 9.39. The SMILES string of the molecule is CC(=C[C@@H]1C[C@@H](OC(=O)N(C)C)CN1)C1=C(C(=O)O)N2C(=O)[C@H]([C@@H](C)O)[C@H]2C1. The Labute approximate surface area is 163 Å². The summed E-state index contributed by atoms with van der Waals surface area (Å²) >= 11 is 0. The lowest BCUT2D eigenvalue weighted by Gasteiger charge is -2.44. The van der Waals surface area contributed by atoms with Crippen LogP contribution in [0.3, 0.4) is 0 Å². The van der Waals surface area contributed by atoms with E-state index in [2.05, 4.69) is 5.32 Å². The molecule has 28 heavy (non-hydrogen) atoms. The van der Waals surface area contributed by atoms with Crippen molar-refractivity contribution in [3.05, 3.63) is 22.9 Å². The fourth-order valence-electron chi connectivity index (χ4n) is 4.22. The second-order valence-corrected chi connectivity index (χ2v) is 7.88. The third-order valence-electron chi connectivity index (χ3n) is 5.62. The maximum atomic E-state index is 12.3. The van der Waals surface area contributed by atoms with Gasteiger partial charge in [0.05, 0.1) is 18.1 Å². The number of carboxylic acid groups (broad SMARTS) is 1. The number of aliphatic carboxylic acids is 1. The zero-order valence-corrected chi connectivity index (χ0v) is 16.5. The molecule has 0 bridgehead atoms. The summed E-state index contributed by atoms with van der Waals surface area (Å²) in [7, 11) is 3.25. The topological polar surface area (TPSA) is 119 Å². The summed E-state index contributed by atoms with van der Waals surface area (Å²) in [6.45, 7) is 3.90. The second-order valence-electron chi connectivity index (χ2n) is 7.88. The Balaban J connectivity index is 1.73. The number of hydrogen-bond donors (Lipinski definition) is 3. The van der Waals surface area contributed by atoms with Gasteiger partial charge >= 0.3 is 12.1 Å². The van der Waals surface area contributed by atoms with Gasteiger partial charge in [-0.2, -0.15) is 0 Å². The standard InChI is InChI=1S/C19H27N3O6/c1-9(5-11-6-12(8-20-11)28-19(27)21(3)4)13-7-14-15(10(2)23)17(24)22(14)16(13)18(25)26/h5,10-12,14-15,20,23H,6-8H2,1-4H3,(H,25,26)/t10-,11-,12-,14-,15-/m1/s1. The van der Waals surface area contributed by atoms with E-state index in [0.717, 1.165) is 5.57 Å². The van der Waals surface area contributed by atoms with Crippen molar-refractivity contribution in [3.8, 4) is 0 Å². The van der Waals surface area contributed by atoms with Gasteiger partial charge in [0.2, 0.25) is 5.91 Å². The minimum absolute atomic E-state index is 0.00855. The van der Waals surface area contributed by atoms with E-state index < -0.39 is 24.1 Å². The van der Waals surface area contributed by atoms with Gasteiger partial charge in [-0.3, -0.25) is 4.79 Å². The molecule has 9 heteroatoms. The number of aliphatic hydroxyl groups is 1. The average Bonchev–Trinajstić information content (AvgIpc) is 3.16. The number of fused-ring (bicyclic) bond motifs is 1. The van der Waals surface area contributed by atoms with Gasteiger partial charge in [0.1, 0.15) is 11.8 Å². The van der Waals surface area contributed by atoms with Crippen LogP contribution < -0.4 is 5.32 Å². The third-order valence-corrected chi connectivity index (χ3v) is 5.62. The van der Waals surface area contributed by atoms with E-state index in [1.807, 2.05) is 13.0 Å². The van der Waals surface area contributed by atoms with Gasteiger partial charge in [-0.15, -0.1) is 0 Å². The molecule has 0 aromatic carbocycles. The molecule has 0 saturated carbocycles. The van der Waals surface area contributed by atoms with Gasteiger partial charge in [-0.1, -0.05) is 6.08 Å². The molecule has 0 aromatic rings. The molecule has 0 aliphatic carbocycles. The van der Waals surface area contributed by atoms with E-state index in [-0.39, 0.29) is 29.8 Å². The lowest BCUT2D eigenvalue weighted by molar-refractivity contribution is -0.161. The Hall–Kier alpha value is -2.39. The quantitative estimate of drug-likeness (QED) is 0.575. The number of nitrogens with zero attached hydrogens (tertiary/aromatic N) is 2. The average molecular weight is 393 g/mol. The molecule has 3 aliphatic heterocycles. The molecule has 154 valence electrons. The number of β-lactam (4-membered cyclic amide) rings is 1. The van der Waals surface area contributed by atoms with Crippen LogP contribution in [0.25, 0.3) is 0 Å². The molecule has 9 nitrogen and oxygen atoms in total. The first-order chi connectivity index (χ1) is 13.1. The highest BCUT2D eigenvalue weighted by Gasteiger charge is 2.56. The van der Waals surface area contributed by atoms with E-state index >= 15 is 0 Å². The predicted octanol–water partition coefficient (Wildman–Crippen LogP) is 0.312. The minimum atomic E-state index is -1.14. The van der Waals surface area contributed by atoms with Gasteiger partial charge < -0.3 is 30.1 Å². The lowest BCUT2D eigenvalue weighted by Crippen LogP contribution is -2.61. The van der Waals surface area contributed by atoms with E-state index in [1.54, 1.807) is 21.0 Å². The Morgan fingerprint density at radius 2 is 2.07 bits per heavy atom. The number of hydrogen-bond acceptors (Lipinski definition) is 6. The van der Waals surface area contributed by atoms with Crippen molar-refractivity contribution >= 4 is 18.0 Å². The molecule has 5 atom stereocenters. The van der Waals surface area contributed by atoms with Crippen LogP contribution in [0.4, 0.5) is 4.79 Å². The smallest absolute Gasteiger partial charge is 0.409 e. The summed E-state index contributed by atoms with van der Waals surface area (Å²) in [5, 5.41) is 22.7. The first-order valence-corrected chi connectivity index (χ1v) is 9.39. The molecule has 3 rings (SSSR count). The van der Waals surface area contributed by atoms with Crippen LogP contribution >= 0.6 is 0 Å². The molecule has 3 N–H and O–H groups in total. The zero-order chi connectivity index (χ0) is 20.7. The molecule has 2 amide bonds.